The molecule has 0 radical (unpaired) electrons. The van der Waals surface area contributed by atoms with Crippen molar-refractivity contribution in [2.45, 2.75) is 0 Å². The molecule has 0 bridgehead atoms. The maximum atomic E-state index is 5.97. The molecule has 2 aromatic heterocycles. The van der Waals surface area contributed by atoms with Crippen LogP contribution in [0.1, 0.15) is 0 Å². The third-order valence-electron chi connectivity index (χ3n) is 4.60. The molecule has 3 nitrogen and oxygen atoms in total. The molecule has 0 saturated carbocycles. The first-order valence-electron chi connectivity index (χ1n) is 9.34. The van der Waals surface area contributed by atoms with Crippen LogP contribution in [-0.2, 0) is 0 Å². The van der Waals surface area contributed by atoms with Gasteiger partial charge in [-0.2, -0.15) is 0 Å². The summed E-state index contributed by atoms with van der Waals surface area (Å²) in [7, 11) is 0. The van der Waals surface area contributed by atoms with Gasteiger partial charge in [0.05, 0.1) is 11.4 Å². The van der Waals surface area contributed by atoms with Crippen LogP contribution in [0.2, 0.25) is 5.02 Å². The van der Waals surface area contributed by atoms with Gasteiger partial charge >= 0.3 is 0 Å². The largest absolute Gasteiger partial charge is 0.332 e. The zero-order valence-corrected chi connectivity index (χ0v) is 18.1. The van der Waals surface area contributed by atoms with Gasteiger partial charge in [0.2, 0.25) is 0 Å². The van der Waals surface area contributed by atoms with E-state index >= 15 is 0 Å². The van der Waals surface area contributed by atoms with Gasteiger partial charge in [0.15, 0.2) is 5.13 Å². The van der Waals surface area contributed by atoms with Crippen molar-refractivity contribution in [1.82, 2.24) is 9.97 Å². The summed E-state index contributed by atoms with van der Waals surface area (Å²) in [5.74, 6) is 0. The van der Waals surface area contributed by atoms with Crippen LogP contribution >= 0.6 is 34.3 Å². The number of rotatable bonds is 5. The molecule has 5 rings (SSSR count). The van der Waals surface area contributed by atoms with Crippen LogP contribution in [0.25, 0.3) is 33.1 Å². The predicted octanol–water partition coefficient (Wildman–Crippen LogP) is 8.00. The standard InChI is InChI=1S/C24H16ClN3S2/c25-19-10-6-16(7-11-19)22-15-30-24(28-22)26-20-12-8-17(9-13-20)21-14-29-23(27-21)18-4-2-1-3-5-18/h1-15H,(H,26,28). The van der Waals surface area contributed by atoms with E-state index in [0.29, 0.717) is 0 Å². The van der Waals surface area contributed by atoms with E-state index in [1.165, 1.54) is 0 Å². The minimum atomic E-state index is 0.725. The fourth-order valence-electron chi connectivity index (χ4n) is 3.05. The van der Waals surface area contributed by atoms with Crippen molar-refractivity contribution in [2.24, 2.45) is 0 Å². The number of halogens is 1. The fourth-order valence-corrected chi connectivity index (χ4v) is 4.75. The van der Waals surface area contributed by atoms with Gasteiger partial charge in [-0.25, -0.2) is 9.97 Å². The molecule has 6 heteroatoms. The van der Waals surface area contributed by atoms with Gasteiger partial charge in [0.25, 0.3) is 0 Å². The number of hydrogen-bond donors (Lipinski definition) is 1. The van der Waals surface area contributed by atoms with Gasteiger partial charge in [-0.3, -0.25) is 0 Å². The molecule has 5 aromatic rings. The average Bonchev–Trinajstić information content (AvgIpc) is 3.46. The Morgan fingerprint density at radius 3 is 2.00 bits per heavy atom. The molecule has 0 fully saturated rings. The van der Waals surface area contributed by atoms with Crippen LogP contribution in [-0.4, -0.2) is 9.97 Å². The molecule has 0 unspecified atom stereocenters. The van der Waals surface area contributed by atoms with E-state index in [9.17, 15) is 0 Å². The number of nitrogens with zero attached hydrogens (tertiary/aromatic N) is 2. The zero-order chi connectivity index (χ0) is 20.3. The lowest BCUT2D eigenvalue weighted by Crippen LogP contribution is -1.89. The normalized spacial score (nSPS) is 10.8. The molecule has 3 aromatic carbocycles. The van der Waals surface area contributed by atoms with Gasteiger partial charge in [-0.05, 0) is 24.3 Å². The SMILES string of the molecule is Clc1ccc(-c2csc(Nc3ccc(-c4csc(-c5ccccc5)n4)cc3)n2)cc1. The summed E-state index contributed by atoms with van der Waals surface area (Å²) in [6.07, 6.45) is 0. The molecule has 146 valence electrons. The zero-order valence-electron chi connectivity index (χ0n) is 15.7. The molecule has 0 saturated heterocycles. The highest BCUT2D eigenvalue weighted by molar-refractivity contribution is 7.14. The summed E-state index contributed by atoms with van der Waals surface area (Å²) in [4.78, 5) is 9.46. The first-order chi connectivity index (χ1) is 14.7. The topological polar surface area (TPSA) is 37.8 Å². The van der Waals surface area contributed by atoms with Crippen LogP contribution < -0.4 is 5.32 Å². The Labute approximate surface area is 187 Å². The first kappa shape index (κ1) is 19.0. The van der Waals surface area contributed by atoms with Crippen LogP contribution in [0.15, 0.2) is 89.6 Å². The van der Waals surface area contributed by atoms with E-state index in [2.05, 4.69) is 52.1 Å². The summed E-state index contributed by atoms with van der Waals surface area (Å²) in [6.45, 7) is 0. The highest BCUT2D eigenvalue weighted by Gasteiger charge is 2.08. The molecule has 0 atom stereocenters. The Kier molecular flexibility index (Phi) is 5.32. The number of thiazole rings is 2. The minimum Gasteiger partial charge on any atom is -0.332 e. The van der Waals surface area contributed by atoms with Crippen molar-refractivity contribution in [3.05, 3.63) is 94.6 Å². The molecule has 2 heterocycles. The summed E-state index contributed by atoms with van der Waals surface area (Å²) >= 11 is 9.21. The quantitative estimate of drug-likeness (QED) is 0.297. The first-order valence-corrected chi connectivity index (χ1v) is 11.5. The van der Waals surface area contributed by atoms with Crippen molar-refractivity contribution >= 4 is 45.1 Å². The van der Waals surface area contributed by atoms with Crippen molar-refractivity contribution in [2.75, 3.05) is 5.32 Å². The molecule has 1 N–H and O–H groups in total. The van der Waals surface area contributed by atoms with Gasteiger partial charge in [0, 0.05) is 38.2 Å². The number of benzene rings is 3. The van der Waals surface area contributed by atoms with Crippen LogP contribution in [0, 0.1) is 0 Å². The van der Waals surface area contributed by atoms with E-state index < -0.39 is 0 Å². The maximum absolute atomic E-state index is 5.97. The molecule has 0 spiro atoms. The number of hydrogen-bond acceptors (Lipinski definition) is 5. The Balaban J connectivity index is 1.30. The molecule has 0 aliphatic heterocycles. The molecule has 30 heavy (non-hydrogen) atoms. The highest BCUT2D eigenvalue weighted by Crippen LogP contribution is 2.31. The van der Waals surface area contributed by atoms with Crippen molar-refractivity contribution < 1.29 is 0 Å². The molecule has 0 amide bonds. The molecule has 0 aliphatic rings. The van der Waals surface area contributed by atoms with Crippen molar-refractivity contribution in [3.63, 3.8) is 0 Å². The Bertz CT molecular complexity index is 1260. The van der Waals surface area contributed by atoms with Crippen LogP contribution in [0.5, 0.6) is 0 Å². The lowest BCUT2D eigenvalue weighted by molar-refractivity contribution is 1.38. The number of nitrogens with one attached hydrogen (secondary N) is 1. The van der Waals surface area contributed by atoms with Gasteiger partial charge in [-0.15, -0.1) is 22.7 Å². The molecular weight excluding hydrogens is 430 g/mol. The van der Waals surface area contributed by atoms with Crippen LogP contribution in [0.4, 0.5) is 10.8 Å². The molecule has 0 aliphatic carbocycles. The maximum Gasteiger partial charge on any atom is 0.187 e. The summed E-state index contributed by atoms with van der Waals surface area (Å²) < 4.78 is 0. The predicted molar refractivity (Wildman–Crippen MR) is 129 cm³/mol. The lowest BCUT2D eigenvalue weighted by Gasteiger charge is -2.04. The second-order valence-electron chi connectivity index (χ2n) is 6.65. The van der Waals surface area contributed by atoms with Crippen molar-refractivity contribution in [3.8, 4) is 33.1 Å². The van der Waals surface area contributed by atoms with E-state index in [1.54, 1.807) is 22.7 Å². The minimum absolute atomic E-state index is 0.725. The van der Waals surface area contributed by atoms with Gasteiger partial charge in [0.1, 0.15) is 5.01 Å². The second-order valence-corrected chi connectivity index (χ2v) is 8.80. The summed E-state index contributed by atoms with van der Waals surface area (Å²) in [6, 6.07) is 26.3. The summed E-state index contributed by atoms with van der Waals surface area (Å²) in [5, 5.41) is 10.1. The van der Waals surface area contributed by atoms with Gasteiger partial charge in [-0.1, -0.05) is 66.2 Å². The van der Waals surface area contributed by atoms with E-state index in [1.807, 2.05) is 47.8 Å². The third kappa shape index (κ3) is 4.14. The van der Waals surface area contributed by atoms with E-state index in [-0.39, 0.29) is 0 Å². The van der Waals surface area contributed by atoms with Crippen molar-refractivity contribution in [1.29, 1.82) is 0 Å². The highest BCUT2D eigenvalue weighted by atomic mass is 35.5. The monoisotopic (exact) mass is 445 g/mol. The average molecular weight is 446 g/mol. The molecular formula is C24H16ClN3S2. The lowest BCUT2D eigenvalue weighted by atomic mass is 10.1. The Morgan fingerprint density at radius 2 is 1.27 bits per heavy atom. The van der Waals surface area contributed by atoms with E-state index in [0.717, 1.165) is 48.9 Å². The van der Waals surface area contributed by atoms with E-state index in [4.69, 9.17) is 16.6 Å². The Morgan fingerprint density at radius 1 is 0.633 bits per heavy atom. The number of aromatic nitrogens is 2. The second kappa shape index (κ2) is 8.40. The third-order valence-corrected chi connectivity index (χ3v) is 6.50. The fraction of sp³-hybridized carbons (Fsp3) is 0. The summed E-state index contributed by atoms with van der Waals surface area (Å²) in [5.41, 5.74) is 6.22. The number of anilines is 2. The Hall–Kier alpha value is -2.99. The van der Waals surface area contributed by atoms with Gasteiger partial charge < -0.3 is 5.32 Å². The van der Waals surface area contributed by atoms with Crippen LogP contribution in [0.3, 0.4) is 0 Å². The smallest absolute Gasteiger partial charge is 0.187 e.